The van der Waals surface area contributed by atoms with Crippen molar-refractivity contribution >= 4 is 5.97 Å². The van der Waals surface area contributed by atoms with Gasteiger partial charge in [0.15, 0.2) is 0 Å². The summed E-state index contributed by atoms with van der Waals surface area (Å²) in [7, 11) is 0. The van der Waals surface area contributed by atoms with Crippen molar-refractivity contribution in [1.29, 1.82) is 0 Å². The third kappa shape index (κ3) is 4.97. The van der Waals surface area contributed by atoms with Gasteiger partial charge in [-0.3, -0.25) is 4.79 Å². The molecule has 112 valence electrons. The Bertz CT molecular complexity index is 453. The number of carbonyl (C=O) groups is 1. The summed E-state index contributed by atoms with van der Waals surface area (Å²) in [5.74, 6) is -0.265. The highest BCUT2D eigenvalue weighted by Gasteiger charge is 2.31. The van der Waals surface area contributed by atoms with Crippen LogP contribution < -0.4 is 0 Å². The van der Waals surface area contributed by atoms with Gasteiger partial charge in [-0.05, 0) is 43.8 Å². The van der Waals surface area contributed by atoms with E-state index >= 15 is 0 Å². The topological polar surface area (TPSA) is 46.5 Å². The Kier molecular flexibility index (Phi) is 5.75. The third-order valence-electron chi connectivity index (χ3n) is 3.68. The molecule has 0 bridgehead atoms. The second-order valence-electron chi connectivity index (χ2n) is 6.22. The van der Waals surface area contributed by atoms with Crippen molar-refractivity contribution < 1.29 is 14.6 Å². The molecule has 0 saturated carbocycles. The first kappa shape index (κ1) is 16.7. The molecule has 0 saturated heterocycles. The molecule has 1 unspecified atom stereocenters. The third-order valence-corrected chi connectivity index (χ3v) is 3.68. The highest BCUT2D eigenvalue weighted by molar-refractivity contribution is 5.66. The predicted octanol–water partition coefficient (Wildman–Crippen LogP) is 3.55. The van der Waals surface area contributed by atoms with E-state index in [0.717, 1.165) is 18.4 Å². The first-order valence-corrected chi connectivity index (χ1v) is 7.09. The lowest BCUT2D eigenvalue weighted by atomic mass is 9.71. The van der Waals surface area contributed by atoms with E-state index in [2.05, 4.69) is 26.8 Å². The van der Waals surface area contributed by atoms with Crippen LogP contribution in [0.2, 0.25) is 0 Å². The summed E-state index contributed by atoms with van der Waals surface area (Å²) in [6, 6.07) is 0. The van der Waals surface area contributed by atoms with Crippen LogP contribution in [0.5, 0.6) is 0 Å². The van der Waals surface area contributed by atoms with Crippen LogP contribution in [0.1, 0.15) is 47.5 Å². The number of allylic oxidation sites excluding steroid dienone is 4. The van der Waals surface area contributed by atoms with Crippen molar-refractivity contribution in [2.24, 2.45) is 5.41 Å². The summed E-state index contributed by atoms with van der Waals surface area (Å²) >= 11 is 0. The second kappa shape index (κ2) is 6.89. The van der Waals surface area contributed by atoms with Crippen molar-refractivity contribution in [2.45, 2.75) is 53.6 Å². The fourth-order valence-electron chi connectivity index (χ4n) is 2.75. The van der Waals surface area contributed by atoms with Crippen LogP contribution in [-0.4, -0.2) is 23.8 Å². The van der Waals surface area contributed by atoms with Gasteiger partial charge in [-0.25, -0.2) is 0 Å². The van der Waals surface area contributed by atoms with E-state index in [1.807, 2.05) is 19.1 Å². The van der Waals surface area contributed by atoms with Gasteiger partial charge >= 0.3 is 5.97 Å². The molecule has 1 atom stereocenters. The Morgan fingerprint density at radius 3 is 2.65 bits per heavy atom. The van der Waals surface area contributed by atoms with Gasteiger partial charge in [-0.15, -0.1) is 0 Å². The zero-order chi connectivity index (χ0) is 15.3. The van der Waals surface area contributed by atoms with Crippen LogP contribution >= 0.6 is 0 Å². The van der Waals surface area contributed by atoms with Gasteiger partial charge in [0.1, 0.15) is 6.61 Å². The number of aliphatic hydroxyl groups excluding tert-OH is 1. The number of hydrogen-bond acceptors (Lipinski definition) is 3. The van der Waals surface area contributed by atoms with Gasteiger partial charge in [-0.2, -0.15) is 0 Å². The molecule has 1 aliphatic rings. The fourth-order valence-corrected chi connectivity index (χ4v) is 2.75. The van der Waals surface area contributed by atoms with Gasteiger partial charge in [0.05, 0.1) is 6.10 Å². The monoisotopic (exact) mass is 278 g/mol. The van der Waals surface area contributed by atoms with Crippen LogP contribution in [-0.2, 0) is 9.53 Å². The van der Waals surface area contributed by atoms with Gasteiger partial charge < -0.3 is 9.84 Å². The van der Waals surface area contributed by atoms with E-state index in [1.54, 1.807) is 0 Å². The molecule has 0 spiro atoms. The number of ether oxygens (including phenoxy) is 1. The average molecular weight is 278 g/mol. The lowest BCUT2D eigenvalue weighted by Gasteiger charge is -2.35. The zero-order valence-corrected chi connectivity index (χ0v) is 13.2. The summed E-state index contributed by atoms with van der Waals surface area (Å²) in [5, 5.41) is 9.86. The van der Waals surface area contributed by atoms with E-state index in [0.29, 0.717) is 6.61 Å². The molecule has 0 aromatic heterocycles. The smallest absolute Gasteiger partial charge is 0.302 e. The standard InChI is InChI=1S/C17H26O3/c1-12(8-9-20-14(3)18)6-7-16-13(2)10-15(19)11-17(16,4)5/h6-8,15,19H,9-11H2,1-5H3. The van der Waals surface area contributed by atoms with E-state index < -0.39 is 0 Å². The maximum Gasteiger partial charge on any atom is 0.302 e. The maximum absolute atomic E-state index is 10.7. The maximum atomic E-state index is 10.7. The Hall–Kier alpha value is -1.35. The molecule has 0 amide bonds. The fraction of sp³-hybridized carbons (Fsp3) is 0.588. The van der Waals surface area contributed by atoms with Crippen molar-refractivity contribution in [3.63, 3.8) is 0 Å². The van der Waals surface area contributed by atoms with E-state index in [1.165, 1.54) is 18.1 Å². The van der Waals surface area contributed by atoms with Crippen LogP contribution in [0, 0.1) is 5.41 Å². The Morgan fingerprint density at radius 2 is 2.10 bits per heavy atom. The minimum atomic E-state index is -0.265. The molecule has 3 nitrogen and oxygen atoms in total. The summed E-state index contributed by atoms with van der Waals surface area (Å²) in [6.07, 6.45) is 7.36. The predicted molar refractivity (Wildman–Crippen MR) is 81.3 cm³/mol. The number of rotatable bonds is 4. The molecule has 20 heavy (non-hydrogen) atoms. The quantitative estimate of drug-likeness (QED) is 0.632. The van der Waals surface area contributed by atoms with E-state index in [4.69, 9.17) is 4.74 Å². The molecule has 0 radical (unpaired) electrons. The van der Waals surface area contributed by atoms with Crippen LogP contribution in [0.25, 0.3) is 0 Å². The van der Waals surface area contributed by atoms with Crippen molar-refractivity contribution in [1.82, 2.24) is 0 Å². The van der Waals surface area contributed by atoms with E-state index in [9.17, 15) is 9.90 Å². The van der Waals surface area contributed by atoms with Crippen molar-refractivity contribution in [2.75, 3.05) is 6.61 Å². The molecule has 0 aliphatic heterocycles. The molecule has 0 aromatic carbocycles. The molecular weight excluding hydrogens is 252 g/mol. The van der Waals surface area contributed by atoms with Gasteiger partial charge in [0, 0.05) is 6.92 Å². The molecule has 0 heterocycles. The number of carbonyl (C=O) groups excluding carboxylic acids is 1. The van der Waals surface area contributed by atoms with Crippen molar-refractivity contribution in [3.05, 3.63) is 34.9 Å². The number of esters is 1. The SMILES string of the molecule is CC(=O)OCC=C(C)C=CC1=C(C)CC(O)CC1(C)C. The van der Waals surface area contributed by atoms with Gasteiger partial charge in [-0.1, -0.05) is 37.1 Å². The summed E-state index contributed by atoms with van der Waals surface area (Å²) in [5.41, 5.74) is 3.60. The molecular formula is C17H26O3. The molecule has 1 aliphatic carbocycles. The zero-order valence-electron chi connectivity index (χ0n) is 13.2. The Morgan fingerprint density at radius 1 is 1.45 bits per heavy atom. The van der Waals surface area contributed by atoms with E-state index in [-0.39, 0.29) is 17.5 Å². The van der Waals surface area contributed by atoms with Gasteiger partial charge in [0.2, 0.25) is 0 Å². The summed E-state index contributed by atoms with van der Waals surface area (Å²) in [4.78, 5) is 10.7. The Labute approximate surface area is 122 Å². The minimum absolute atomic E-state index is 0.00554. The normalized spacial score (nSPS) is 23.3. The number of aliphatic hydroxyl groups is 1. The molecule has 0 aromatic rings. The van der Waals surface area contributed by atoms with Crippen LogP contribution in [0.4, 0.5) is 0 Å². The lowest BCUT2D eigenvalue weighted by molar-refractivity contribution is -0.139. The molecule has 1 rings (SSSR count). The van der Waals surface area contributed by atoms with Crippen molar-refractivity contribution in [3.8, 4) is 0 Å². The van der Waals surface area contributed by atoms with Crippen LogP contribution in [0.15, 0.2) is 34.9 Å². The minimum Gasteiger partial charge on any atom is -0.462 e. The van der Waals surface area contributed by atoms with Gasteiger partial charge in [0.25, 0.3) is 0 Å². The molecule has 3 heteroatoms. The molecule has 0 fully saturated rings. The molecule has 1 N–H and O–H groups in total. The second-order valence-corrected chi connectivity index (χ2v) is 6.22. The first-order valence-electron chi connectivity index (χ1n) is 7.09. The van der Waals surface area contributed by atoms with Crippen LogP contribution in [0.3, 0.4) is 0 Å². The summed E-state index contributed by atoms with van der Waals surface area (Å²) < 4.78 is 4.89. The Balaban J connectivity index is 2.77. The lowest BCUT2D eigenvalue weighted by Crippen LogP contribution is -2.28. The highest BCUT2D eigenvalue weighted by atomic mass is 16.5. The average Bonchev–Trinajstić information content (AvgIpc) is 2.25. The largest absolute Gasteiger partial charge is 0.462 e. The highest BCUT2D eigenvalue weighted by Crippen LogP contribution is 2.40. The summed E-state index contributed by atoms with van der Waals surface area (Å²) in [6.45, 7) is 10.1. The first-order chi connectivity index (χ1) is 9.22. The number of hydrogen-bond donors (Lipinski definition) is 1.